The molecule has 0 amide bonds. The summed E-state index contributed by atoms with van der Waals surface area (Å²) in [6.45, 7) is 6.29. The Balaban J connectivity index is 1.35. The van der Waals surface area contributed by atoms with Crippen molar-refractivity contribution in [2.45, 2.75) is 13.1 Å². The standard InChI is InChI=1S/C18H21N5S/c1-2-5-16(6-3-1)23-18(19-15-20-23)14-22-10-8-21(9-11-22)13-17-7-4-12-24-17/h1-7,12,15H,8-11,13-14H2. The van der Waals surface area contributed by atoms with Gasteiger partial charge in [0.05, 0.1) is 12.2 Å². The summed E-state index contributed by atoms with van der Waals surface area (Å²) in [6, 6.07) is 14.6. The third-order valence-corrected chi connectivity index (χ3v) is 5.27. The van der Waals surface area contributed by atoms with Crippen LogP contribution in [0, 0.1) is 0 Å². The first-order valence-corrected chi connectivity index (χ1v) is 9.18. The maximum absolute atomic E-state index is 4.46. The molecular weight excluding hydrogens is 318 g/mol. The zero-order valence-electron chi connectivity index (χ0n) is 13.6. The van der Waals surface area contributed by atoms with Crippen LogP contribution < -0.4 is 0 Å². The summed E-state index contributed by atoms with van der Waals surface area (Å²) in [5, 5.41) is 6.54. The van der Waals surface area contributed by atoms with Gasteiger partial charge in [-0.25, -0.2) is 9.67 Å². The third-order valence-electron chi connectivity index (χ3n) is 4.41. The Morgan fingerprint density at radius 3 is 2.33 bits per heavy atom. The Bertz CT molecular complexity index is 745. The number of benzene rings is 1. The lowest BCUT2D eigenvalue weighted by Gasteiger charge is -2.34. The van der Waals surface area contributed by atoms with Gasteiger partial charge in [-0.15, -0.1) is 11.3 Å². The number of hydrogen-bond donors (Lipinski definition) is 0. The molecule has 0 bridgehead atoms. The molecule has 0 atom stereocenters. The molecule has 5 nitrogen and oxygen atoms in total. The topological polar surface area (TPSA) is 37.2 Å². The fraction of sp³-hybridized carbons (Fsp3) is 0.333. The molecule has 0 aliphatic carbocycles. The Hall–Kier alpha value is -2.02. The van der Waals surface area contributed by atoms with E-state index in [4.69, 9.17) is 0 Å². The van der Waals surface area contributed by atoms with Crippen LogP contribution in [0.1, 0.15) is 10.7 Å². The van der Waals surface area contributed by atoms with E-state index >= 15 is 0 Å². The van der Waals surface area contributed by atoms with E-state index in [0.29, 0.717) is 0 Å². The minimum absolute atomic E-state index is 0.849. The molecule has 24 heavy (non-hydrogen) atoms. The molecule has 0 radical (unpaired) electrons. The normalized spacial score (nSPS) is 16.5. The van der Waals surface area contributed by atoms with Crippen molar-refractivity contribution >= 4 is 11.3 Å². The van der Waals surface area contributed by atoms with Crippen molar-refractivity contribution < 1.29 is 0 Å². The number of para-hydroxylation sites is 1. The lowest BCUT2D eigenvalue weighted by Crippen LogP contribution is -2.45. The summed E-state index contributed by atoms with van der Waals surface area (Å²) in [5.74, 6) is 1.01. The maximum Gasteiger partial charge on any atom is 0.146 e. The van der Waals surface area contributed by atoms with Crippen molar-refractivity contribution in [3.05, 3.63) is 64.9 Å². The number of hydrogen-bond acceptors (Lipinski definition) is 5. The van der Waals surface area contributed by atoms with E-state index in [-0.39, 0.29) is 0 Å². The van der Waals surface area contributed by atoms with Crippen molar-refractivity contribution in [2.24, 2.45) is 0 Å². The fourth-order valence-electron chi connectivity index (χ4n) is 3.09. The van der Waals surface area contributed by atoms with Gasteiger partial charge >= 0.3 is 0 Å². The largest absolute Gasteiger partial charge is 0.296 e. The average molecular weight is 339 g/mol. The van der Waals surface area contributed by atoms with Gasteiger partial charge in [0, 0.05) is 37.6 Å². The number of rotatable bonds is 5. The summed E-state index contributed by atoms with van der Waals surface area (Å²) in [6.07, 6.45) is 1.65. The molecule has 0 spiro atoms. The highest BCUT2D eigenvalue weighted by Gasteiger charge is 2.19. The molecule has 1 fully saturated rings. The fourth-order valence-corrected chi connectivity index (χ4v) is 3.83. The molecule has 3 aromatic rings. The van der Waals surface area contributed by atoms with E-state index in [1.165, 1.54) is 4.88 Å². The SMILES string of the molecule is c1ccc(-n2ncnc2CN2CCN(Cc3cccs3)CC2)cc1. The Morgan fingerprint density at radius 1 is 0.875 bits per heavy atom. The van der Waals surface area contributed by atoms with Gasteiger partial charge in [-0.05, 0) is 23.6 Å². The van der Waals surface area contributed by atoms with Crippen LogP contribution in [0.25, 0.3) is 5.69 Å². The first-order chi connectivity index (χ1) is 11.9. The van der Waals surface area contributed by atoms with Gasteiger partial charge in [-0.1, -0.05) is 24.3 Å². The highest BCUT2D eigenvalue weighted by Crippen LogP contribution is 2.15. The summed E-state index contributed by atoms with van der Waals surface area (Å²) in [7, 11) is 0. The predicted octanol–water partition coefficient (Wildman–Crippen LogP) is 2.65. The van der Waals surface area contributed by atoms with Crippen LogP contribution in [0.5, 0.6) is 0 Å². The van der Waals surface area contributed by atoms with Crippen LogP contribution >= 0.6 is 11.3 Å². The van der Waals surface area contributed by atoms with Crippen molar-refractivity contribution in [1.82, 2.24) is 24.6 Å². The average Bonchev–Trinajstić information content (AvgIpc) is 3.29. The molecule has 1 aliphatic heterocycles. The molecule has 0 N–H and O–H groups in total. The van der Waals surface area contributed by atoms with Crippen molar-refractivity contribution in [3.63, 3.8) is 0 Å². The summed E-state index contributed by atoms with van der Waals surface area (Å²) < 4.78 is 1.94. The molecule has 1 aliphatic rings. The molecule has 6 heteroatoms. The van der Waals surface area contributed by atoms with E-state index in [9.17, 15) is 0 Å². The minimum atomic E-state index is 0.849. The van der Waals surface area contributed by atoms with Gasteiger partial charge in [0.15, 0.2) is 0 Å². The summed E-state index contributed by atoms with van der Waals surface area (Å²) in [5.41, 5.74) is 1.07. The number of aromatic nitrogens is 3. The highest BCUT2D eigenvalue weighted by molar-refractivity contribution is 7.09. The van der Waals surface area contributed by atoms with E-state index < -0.39 is 0 Å². The van der Waals surface area contributed by atoms with Crippen LogP contribution in [0.15, 0.2) is 54.2 Å². The zero-order valence-corrected chi connectivity index (χ0v) is 14.4. The summed E-state index contributed by atoms with van der Waals surface area (Å²) >= 11 is 1.84. The van der Waals surface area contributed by atoms with E-state index in [1.54, 1.807) is 6.33 Å². The Kier molecular flexibility index (Phi) is 4.69. The van der Waals surface area contributed by atoms with Crippen molar-refractivity contribution in [3.8, 4) is 5.69 Å². The van der Waals surface area contributed by atoms with Gasteiger partial charge < -0.3 is 0 Å². The molecule has 3 heterocycles. The molecule has 124 valence electrons. The van der Waals surface area contributed by atoms with Gasteiger partial charge in [0.25, 0.3) is 0 Å². The van der Waals surface area contributed by atoms with Crippen LogP contribution in [-0.4, -0.2) is 50.7 Å². The lowest BCUT2D eigenvalue weighted by atomic mass is 10.3. The van der Waals surface area contributed by atoms with E-state index in [1.807, 2.05) is 34.2 Å². The second-order valence-corrected chi connectivity index (χ2v) is 7.09. The smallest absolute Gasteiger partial charge is 0.146 e. The Labute approximate surface area is 146 Å². The predicted molar refractivity (Wildman–Crippen MR) is 96.2 cm³/mol. The second kappa shape index (κ2) is 7.25. The van der Waals surface area contributed by atoms with Crippen LogP contribution in [0.4, 0.5) is 0 Å². The second-order valence-electron chi connectivity index (χ2n) is 6.06. The van der Waals surface area contributed by atoms with Crippen molar-refractivity contribution in [2.75, 3.05) is 26.2 Å². The molecular formula is C18H21N5S. The number of thiophene rings is 1. The molecule has 0 unspecified atom stereocenters. The molecule has 2 aromatic heterocycles. The molecule has 1 aromatic carbocycles. The van der Waals surface area contributed by atoms with Gasteiger partial charge in [-0.3, -0.25) is 9.80 Å². The molecule has 1 saturated heterocycles. The maximum atomic E-state index is 4.46. The molecule has 0 saturated carbocycles. The minimum Gasteiger partial charge on any atom is -0.296 e. The Morgan fingerprint density at radius 2 is 1.62 bits per heavy atom. The van der Waals surface area contributed by atoms with Gasteiger partial charge in [0.1, 0.15) is 12.2 Å². The third kappa shape index (κ3) is 3.56. The lowest BCUT2D eigenvalue weighted by molar-refractivity contribution is 0.120. The van der Waals surface area contributed by atoms with E-state index in [0.717, 1.165) is 50.8 Å². The van der Waals surface area contributed by atoms with Crippen molar-refractivity contribution in [1.29, 1.82) is 0 Å². The van der Waals surface area contributed by atoms with Crippen LogP contribution in [0.2, 0.25) is 0 Å². The number of nitrogens with zero attached hydrogens (tertiary/aromatic N) is 5. The monoisotopic (exact) mass is 339 g/mol. The first-order valence-electron chi connectivity index (χ1n) is 8.30. The zero-order chi connectivity index (χ0) is 16.2. The van der Waals surface area contributed by atoms with Gasteiger partial charge in [-0.2, -0.15) is 5.10 Å². The van der Waals surface area contributed by atoms with Gasteiger partial charge in [0.2, 0.25) is 0 Å². The quantitative estimate of drug-likeness (QED) is 0.716. The first kappa shape index (κ1) is 15.5. The number of piperazine rings is 1. The van der Waals surface area contributed by atoms with Crippen LogP contribution in [0.3, 0.4) is 0 Å². The summed E-state index contributed by atoms with van der Waals surface area (Å²) in [4.78, 5) is 10.9. The highest BCUT2D eigenvalue weighted by atomic mass is 32.1. The van der Waals surface area contributed by atoms with Crippen LogP contribution in [-0.2, 0) is 13.1 Å². The van der Waals surface area contributed by atoms with E-state index in [2.05, 4.69) is 49.5 Å². The molecule has 4 rings (SSSR count).